The van der Waals surface area contributed by atoms with Crippen molar-refractivity contribution in [2.24, 2.45) is 0 Å². The Hall–Kier alpha value is -1.25. The highest BCUT2D eigenvalue weighted by Gasteiger charge is 2.14. The van der Waals surface area contributed by atoms with Gasteiger partial charge in [0.1, 0.15) is 24.9 Å². The van der Waals surface area contributed by atoms with Gasteiger partial charge in [0.25, 0.3) is 0 Å². The van der Waals surface area contributed by atoms with Crippen LogP contribution in [0.2, 0.25) is 0 Å². The molecule has 0 fully saturated rings. The highest BCUT2D eigenvalue weighted by atomic mass is 32.1. The van der Waals surface area contributed by atoms with Gasteiger partial charge < -0.3 is 19.9 Å². The number of aliphatic hydroxyl groups excluding tert-OH is 1. The molecule has 0 aliphatic rings. The van der Waals surface area contributed by atoms with Crippen molar-refractivity contribution in [1.29, 1.82) is 0 Å². The van der Waals surface area contributed by atoms with Crippen LogP contribution in [0.15, 0.2) is 6.20 Å². The lowest BCUT2D eigenvalue weighted by molar-refractivity contribution is -0.142. The summed E-state index contributed by atoms with van der Waals surface area (Å²) in [6, 6.07) is -0.462. The van der Waals surface area contributed by atoms with Crippen LogP contribution in [-0.2, 0) is 9.53 Å². The minimum absolute atomic E-state index is 0.0896. The van der Waals surface area contributed by atoms with E-state index in [4.69, 9.17) is 4.74 Å². The van der Waals surface area contributed by atoms with Crippen molar-refractivity contribution in [2.75, 3.05) is 20.3 Å². The summed E-state index contributed by atoms with van der Waals surface area (Å²) < 4.78 is 17.3. The summed E-state index contributed by atoms with van der Waals surface area (Å²) in [5.41, 5.74) is 0. The molecule has 1 aromatic heterocycles. The number of nitrogens with one attached hydrogen (secondary N) is 1. The molecular weight excluding hydrogens is 246 g/mol. The first kappa shape index (κ1) is 13.8. The minimum Gasteiger partial charge on any atom is -0.473 e. The van der Waals surface area contributed by atoms with Gasteiger partial charge in [-0.2, -0.15) is 4.37 Å². The fraction of sp³-hybridized carbons (Fsp3) is 0.667. The minimum atomic E-state index is -0.733. The summed E-state index contributed by atoms with van der Waals surface area (Å²) in [4.78, 5) is 11.1. The summed E-state index contributed by atoms with van der Waals surface area (Å²) in [6.07, 6.45) is 0.742. The van der Waals surface area contributed by atoms with Crippen molar-refractivity contribution in [3.05, 3.63) is 6.20 Å². The fourth-order valence-electron chi connectivity index (χ4n) is 1.03. The topological polar surface area (TPSA) is 93.6 Å². The molecule has 1 rings (SSSR count). The molecule has 96 valence electrons. The number of carbonyl (C=O) groups excluding carboxylic acids is 1. The van der Waals surface area contributed by atoms with Crippen LogP contribution < -0.4 is 10.1 Å². The molecule has 0 aromatic carbocycles. The SMILES string of the molecule is COC(=O)C(C)NCC(O)COc1cnsn1. The van der Waals surface area contributed by atoms with Crippen molar-refractivity contribution in [2.45, 2.75) is 19.1 Å². The van der Waals surface area contributed by atoms with Gasteiger partial charge in [-0.1, -0.05) is 0 Å². The number of hydrogen-bond donors (Lipinski definition) is 2. The molecule has 0 saturated carbocycles. The van der Waals surface area contributed by atoms with Crippen LogP contribution in [0.25, 0.3) is 0 Å². The zero-order valence-electron chi connectivity index (χ0n) is 9.62. The largest absolute Gasteiger partial charge is 0.473 e. The maximum atomic E-state index is 11.1. The van der Waals surface area contributed by atoms with Crippen molar-refractivity contribution in [1.82, 2.24) is 14.1 Å². The van der Waals surface area contributed by atoms with Crippen LogP contribution >= 0.6 is 11.7 Å². The second-order valence-corrected chi connectivity index (χ2v) is 3.92. The van der Waals surface area contributed by atoms with Crippen LogP contribution in [0.4, 0.5) is 0 Å². The van der Waals surface area contributed by atoms with Crippen molar-refractivity contribution in [3.63, 3.8) is 0 Å². The van der Waals surface area contributed by atoms with E-state index in [0.717, 1.165) is 11.7 Å². The van der Waals surface area contributed by atoms with E-state index in [1.165, 1.54) is 13.3 Å². The molecule has 17 heavy (non-hydrogen) atoms. The Morgan fingerprint density at radius 2 is 2.47 bits per heavy atom. The maximum absolute atomic E-state index is 11.1. The van der Waals surface area contributed by atoms with Gasteiger partial charge in [-0.25, -0.2) is 0 Å². The number of ether oxygens (including phenoxy) is 2. The van der Waals surface area contributed by atoms with Gasteiger partial charge in [-0.3, -0.25) is 4.79 Å². The van der Waals surface area contributed by atoms with Crippen LogP contribution in [0.5, 0.6) is 5.88 Å². The monoisotopic (exact) mass is 261 g/mol. The Morgan fingerprint density at radius 3 is 3.06 bits per heavy atom. The van der Waals surface area contributed by atoms with E-state index in [1.807, 2.05) is 0 Å². The number of nitrogens with zero attached hydrogens (tertiary/aromatic N) is 2. The molecule has 0 spiro atoms. The van der Waals surface area contributed by atoms with Gasteiger partial charge in [0.2, 0.25) is 5.88 Å². The number of carbonyl (C=O) groups is 1. The second kappa shape index (κ2) is 7.15. The molecule has 0 saturated heterocycles. The number of hydrogen-bond acceptors (Lipinski definition) is 8. The van der Waals surface area contributed by atoms with Gasteiger partial charge in [0.05, 0.1) is 18.8 Å². The number of methoxy groups -OCH3 is 1. The predicted molar refractivity (Wildman–Crippen MR) is 60.9 cm³/mol. The Labute approximate surface area is 103 Å². The molecule has 2 unspecified atom stereocenters. The molecule has 8 heteroatoms. The van der Waals surface area contributed by atoms with Gasteiger partial charge >= 0.3 is 5.97 Å². The van der Waals surface area contributed by atoms with E-state index in [9.17, 15) is 9.90 Å². The standard InChI is InChI=1S/C9H15N3O4S/c1-6(9(14)15-2)10-3-7(13)5-16-8-4-11-17-12-8/h4,6-7,10,13H,3,5H2,1-2H3. The summed E-state index contributed by atoms with van der Waals surface area (Å²) in [5.74, 6) is 0.0110. The molecule has 7 nitrogen and oxygen atoms in total. The predicted octanol–water partition coefficient (Wildman–Crippen LogP) is -0.571. The van der Waals surface area contributed by atoms with E-state index in [-0.39, 0.29) is 19.1 Å². The molecule has 0 aliphatic carbocycles. The molecule has 2 N–H and O–H groups in total. The average Bonchev–Trinajstić information content (AvgIpc) is 2.85. The molecule has 0 amide bonds. The maximum Gasteiger partial charge on any atom is 0.322 e. The number of rotatable bonds is 7. The lowest BCUT2D eigenvalue weighted by Gasteiger charge is -2.15. The van der Waals surface area contributed by atoms with E-state index in [0.29, 0.717) is 5.88 Å². The van der Waals surface area contributed by atoms with E-state index >= 15 is 0 Å². The number of aromatic nitrogens is 2. The van der Waals surface area contributed by atoms with Crippen molar-refractivity contribution in [3.8, 4) is 5.88 Å². The van der Waals surface area contributed by atoms with E-state index in [2.05, 4.69) is 18.8 Å². The summed E-state index contributed by atoms with van der Waals surface area (Å²) >= 11 is 1.03. The van der Waals surface area contributed by atoms with Crippen molar-refractivity contribution >= 4 is 17.7 Å². The first-order valence-electron chi connectivity index (χ1n) is 5.03. The quantitative estimate of drug-likeness (QED) is 0.635. The first-order valence-corrected chi connectivity index (χ1v) is 5.76. The Balaban J connectivity index is 2.17. The number of esters is 1. The lowest BCUT2D eigenvalue weighted by atomic mass is 10.3. The third kappa shape index (κ3) is 5.07. The smallest absolute Gasteiger partial charge is 0.322 e. The summed E-state index contributed by atoms with van der Waals surface area (Å²) in [6.45, 7) is 1.98. The Kier molecular flexibility index (Phi) is 5.81. The molecule has 0 radical (unpaired) electrons. The normalized spacial score (nSPS) is 14.1. The third-order valence-electron chi connectivity index (χ3n) is 1.98. The average molecular weight is 261 g/mol. The highest BCUT2D eigenvalue weighted by molar-refractivity contribution is 6.99. The Bertz CT molecular complexity index is 333. The van der Waals surface area contributed by atoms with E-state index in [1.54, 1.807) is 6.92 Å². The molecule has 0 bridgehead atoms. The summed E-state index contributed by atoms with van der Waals surface area (Å²) in [7, 11) is 1.31. The van der Waals surface area contributed by atoms with Gasteiger partial charge in [-0.05, 0) is 6.92 Å². The van der Waals surface area contributed by atoms with Crippen LogP contribution in [0.3, 0.4) is 0 Å². The number of aliphatic hydroxyl groups is 1. The van der Waals surface area contributed by atoms with Crippen LogP contribution in [0, 0.1) is 0 Å². The van der Waals surface area contributed by atoms with Crippen molar-refractivity contribution < 1.29 is 19.4 Å². The molecule has 2 atom stereocenters. The van der Waals surface area contributed by atoms with Crippen LogP contribution in [-0.4, -0.2) is 52.2 Å². The van der Waals surface area contributed by atoms with Crippen LogP contribution in [0.1, 0.15) is 6.92 Å². The first-order chi connectivity index (χ1) is 8.13. The zero-order chi connectivity index (χ0) is 12.7. The highest BCUT2D eigenvalue weighted by Crippen LogP contribution is 2.05. The molecule has 1 heterocycles. The lowest BCUT2D eigenvalue weighted by Crippen LogP contribution is -2.41. The zero-order valence-corrected chi connectivity index (χ0v) is 10.4. The van der Waals surface area contributed by atoms with E-state index < -0.39 is 12.1 Å². The molecule has 0 aliphatic heterocycles. The van der Waals surface area contributed by atoms with Gasteiger partial charge in [-0.15, -0.1) is 4.37 Å². The van der Waals surface area contributed by atoms with Gasteiger partial charge in [0.15, 0.2) is 0 Å². The molecule has 1 aromatic rings. The molecular formula is C9H15N3O4S. The third-order valence-corrected chi connectivity index (χ3v) is 2.44. The Morgan fingerprint density at radius 1 is 1.71 bits per heavy atom. The second-order valence-electron chi connectivity index (χ2n) is 3.36. The van der Waals surface area contributed by atoms with Gasteiger partial charge in [0, 0.05) is 6.54 Å². The fourth-order valence-corrected chi connectivity index (χ4v) is 1.40. The summed E-state index contributed by atoms with van der Waals surface area (Å²) in [5, 5.41) is 12.4.